The molecule has 1 aliphatic heterocycles. The number of benzene rings is 1. The van der Waals surface area contributed by atoms with E-state index in [1.54, 1.807) is 12.1 Å². The molecule has 0 aliphatic carbocycles. The molecule has 0 N–H and O–H groups in total. The van der Waals surface area contributed by atoms with E-state index in [0.29, 0.717) is 12.4 Å². The number of likely N-dealkylation sites (tertiary alicyclic amines) is 1. The van der Waals surface area contributed by atoms with Crippen molar-refractivity contribution >= 4 is 15.9 Å². The van der Waals surface area contributed by atoms with Gasteiger partial charge in [0.2, 0.25) is 0 Å². The SMILES string of the molecule is Fc1ccc(Br)cc1OCCN1CCCC1. The summed E-state index contributed by atoms with van der Waals surface area (Å²) in [7, 11) is 0. The third kappa shape index (κ3) is 3.19. The maximum atomic E-state index is 13.3. The highest BCUT2D eigenvalue weighted by Gasteiger charge is 2.11. The summed E-state index contributed by atoms with van der Waals surface area (Å²) in [6.07, 6.45) is 2.54. The molecule has 2 nitrogen and oxygen atoms in total. The van der Waals surface area contributed by atoms with Crippen LogP contribution in [0.25, 0.3) is 0 Å². The predicted molar refractivity (Wildman–Crippen MR) is 65.3 cm³/mol. The molecule has 0 spiro atoms. The van der Waals surface area contributed by atoms with Gasteiger partial charge in [-0.3, -0.25) is 4.90 Å². The predicted octanol–water partition coefficient (Wildman–Crippen LogP) is 3.06. The van der Waals surface area contributed by atoms with Crippen molar-refractivity contribution in [3.8, 4) is 5.75 Å². The van der Waals surface area contributed by atoms with Crippen LogP contribution in [-0.4, -0.2) is 31.1 Å². The van der Waals surface area contributed by atoms with Crippen molar-refractivity contribution in [2.24, 2.45) is 0 Å². The first-order valence-electron chi connectivity index (χ1n) is 5.56. The maximum absolute atomic E-state index is 13.3. The zero-order valence-electron chi connectivity index (χ0n) is 9.09. The summed E-state index contributed by atoms with van der Waals surface area (Å²) in [5, 5.41) is 0. The molecule has 1 aliphatic rings. The van der Waals surface area contributed by atoms with E-state index in [4.69, 9.17) is 4.74 Å². The monoisotopic (exact) mass is 287 g/mol. The summed E-state index contributed by atoms with van der Waals surface area (Å²) in [4.78, 5) is 2.34. The Hall–Kier alpha value is -0.610. The van der Waals surface area contributed by atoms with E-state index >= 15 is 0 Å². The van der Waals surface area contributed by atoms with Crippen molar-refractivity contribution < 1.29 is 9.13 Å². The third-order valence-corrected chi connectivity index (χ3v) is 3.25. The van der Waals surface area contributed by atoms with Gasteiger partial charge in [0, 0.05) is 11.0 Å². The topological polar surface area (TPSA) is 12.5 Å². The number of hydrogen-bond acceptors (Lipinski definition) is 2. The Morgan fingerprint density at radius 2 is 2.06 bits per heavy atom. The average Bonchev–Trinajstić information content (AvgIpc) is 2.76. The zero-order valence-corrected chi connectivity index (χ0v) is 10.7. The van der Waals surface area contributed by atoms with Gasteiger partial charge in [0.25, 0.3) is 0 Å². The molecule has 88 valence electrons. The van der Waals surface area contributed by atoms with E-state index in [-0.39, 0.29) is 5.82 Å². The van der Waals surface area contributed by atoms with Gasteiger partial charge in [-0.25, -0.2) is 4.39 Å². The minimum absolute atomic E-state index is 0.301. The third-order valence-electron chi connectivity index (χ3n) is 2.76. The van der Waals surface area contributed by atoms with Crippen LogP contribution in [0.1, 0.15) is 12.8 Å². The van der Waals surface area contributed by atoms with Crippen LogP contribution in [0.3, 0.4) is 0 Å². The van der Waals surface area contributed by atoms with Crippen LogP contribution in [0.4, 0.5) is 4.39 Å². The number of nitrogens with zero attached hydrogens (tertiary/aromatic N) is 1. The molecule has 1 aromatic rings. The molecule has 0 saturated carbocycles. The molecule has 0 bridgehead atoms. The standard InChI is InChI=1S/C12H15BrFNO/c13-10-3-4-11(14)12(9-10)16-8-7-15-5-1-2-6-15/h3-4,9H,1-2,5-8H2. The highest BCUT2D eigenvalue weighted by Crippen LogP contribution is 2.22. The summed E-state index contributed by atoms with van der Waals surface area (Å²) in [6.45, 7) is 3.72. The Balaban J connectivity index is 1.82. The van der Waals surface area contributed by atoms with Crippen LogP contribution in [0.15, 0.2) is 22.7 Å². The average molecular weight is 288 g/mol. The summed E-state index contributed by atoms with van der Waals surface area (Å²) in [6, 6.07) is 4.75. The Kier molecular flexibility index (Phi) is 4.18. The molecule has 4 heteroatoms. The van der Waals surface area contributed by atoms with Crippen molar-refractivity contribution in [3.63, 3.8) is 0 Å². The van der Waals surface area contributed by atoms with Gasteiger partial charge in [0.05, 0.1) is 0 Å². The molecule has 1 saturated heterocycles. The lowest BCUT2D eigenvalue weighted by atomic mass is 10.3. The van der Waals surface area contributed by atoms with E-state index < -0.39 is 0 Å². The number of halogens is 2. The van der Waals surface area contributed by atoms with Crippen molar-refractivity contribution in [2.75, 3.05) is 26.2 Å². The van der Waals surface area contributed by atoms with Crippen LogP contribution in [0.2, 0.25) is 0 Å². The van der Waals surface area contributed by atoms with E-state index in [9.17, 15) is 4.39 Å². The molecular weight excluding hydrogens is 273 g/mol. The molecule has 1 fully saturated rings. The molecule has 0 aromatic heterocycles. The fourth-order valence-electron chi connectivity index (χ4n) is 1.88. The van der Waals surface area contributed by atoms with Crippen molar-refractivity contribution in [1.82, 2.24) is 4.90 Å². The van der Waals surface area contributed by atoms with Crippen molar-refractivity contribution in [3.05, 3.63) is 28.5 Å². The lowest BCUT2D eigenvalue weighted by molar-refractivity contribution is 0.231. The van der Waals surface area contributed by atoms with Crippen LogP contribution >= 0.6 is 15.9 Å². The summed E-state index contributed by atoms with van der Waals surface area (Å²) < 4.78 is 19.6. The second-order valence-electron chi connectivity index (χ2n) is 3.97. The number of ether oxygens (including phenoxy) is 1. The molecule has 0 radical (unpaired) electrons. The summed E-state index contributed by atoms with van der Waals surface area (Å²) >= 11 is 3.30. The van der Waals surface area contributed by atoms with Gasteiger partial charge in [-0.1, -0.05) is 15.9 Å². The van der Waals surface area contributed by atoms with E-state index in [1.807, 2.05) is 0 Å². The number of hydrogen-bond donors (Lipinski definition) is 0. The molecule has 0 atom stereocenters. The lowest BCUT2D eigenvalue weighted by Crippen LogP contribution is -2.25. The normalized spacial score (nSPS) is 16.6. The highest BCUT2D eigenvalue weighted by molar-refractivity contribution is 9.10. The molecule has 16 heavy (non-hydrogen) atoms. The Labute approximate surface area is 104 Å². The molecule has 2 rings (SSSR count). The van der Waals surface area contributed by atoms with Crippen LogP contribution in [-0.2, 0) is 0 Å². The van der Waals surface area contributed by atoms with Crippen LogP contribution in [0.5, 0.6) is 5.75 Å². The van der Waals surface area contributed by atoms with Crippen LogP contribution < -0.4 is 4.74 Å². The second-order valence-corrected chi connectivity index (χ2v) is 4.89. The maximum Gasteiger partial charge on any atom is 0.165 e. The van der Waals surface area contributed by atoms with Crippen molar-refractivity contribution in [2.45, 2.75) is 12.8 Å². The van der Waals surface area contributed by atoms with E-state index in [2.05, 4.69) is 20.8 Å². The highest BCUT2D eigenvalue weighted by atomic mass is 79.9. The van der Waals surface area contributed by atoms with E-state index in [0.717, 1.165) is 24.1 Å². The van der Waals surface area contributed by atoms with Gasteiger partial charge in [-0.2, -0.15) is 0 Å². The van der Waals surface area contributed by atoms with Gasteiger partial charge in [-0.05, 0) is 44.1 Å². The Bertz CT molecular complexity index is 353. The molecule has 0 amide bonds. The first kappa shape index (κ1) is 11.9. The quantitative estimate of drug-likeness (QED) is 0.844. The van der Waals surface area contributed by atoms with E-state index in [1.165, 1.54) is 18.9 Å². The molecule has 1 heterocycles. The van der Waals surface area contributed by atoms with Crippen LogP contribution in [0, 0.1) is 5.82 Å². The molecule has 0 unspecified atom stereocenters. The largest absolute Gasteiger partial charge is 0.489 e. The first-order valence-corrected chi connectivity index (χ1v) is 6.35. The Morgan fingerprint density at radius 3 is 2.81 bits per heavy atom. The fourth-order valence-corrected chi connectivity index (χ4v) is 2.22. The van der Waals surface area contributed by atoms with Gasteiger partial charge in [0.15, 0.2) is 11.6 Å². The molecule has 1 aromatic carbocycles. The van der Waals surface area contributed by atoms with Gasteiger partial charge in [0.1, 0.15) is 6.61 Å². The zero-order chi connectivity index (χ0) is 11.4. The second kappa shape index (κ2) is 5.64. The summed E-state index contributed by atoms with van der Waals surface area (Å²) in [5.41, 5.74) is 0. The van der Waals surface area contributed by atoms with Gasteiger partial charge in [-0.15, -0.1) is 0 Å². The minimum Gasteiger partial charge on any atom is -0.489 e. The fraction of sp³-hybridized carbons (Fsp3) is 0.500. The lowest BCUT2D eigenvalue weighted by Gasteiger charge is -2.15. The van der Waals surface area contributed by atoms with Crippen molar-refractivity contribution in [1.29, 1.82) is 0 Å². The number of rotatable bonds is 4. The Morgan fingerprint density at radius 1 is 1.31 bits per heavy atom. The summed E-state index contributed by atoms with van der Waals surface area (Å²) in [5.74, 6) is 0.0261. The smallest absolute Gasteiger partial charge is 0.165 e. The molecular formula is C12H15BrFNO. The van der Waals surface area contributed by atoms with Gasteiger partial charge >= 0.3 is 0 Å². The van der Waals surface area contributed by atoms with Gasteiger partial charge < -0.3 is 4.74 Å². The minimum atomic E-state index is -0.301. The first-order chi connectivity index (χ1) is 7.75.